The largest absolute Gasteiger partial charge is 0.389 e. The van der Waals surface area contributed by atoms with E-state index in [1.54, 1.807) is 13.8 Å². The molecule has 1 heterocycles. The van der Waals surface area contributed by atoms with Gasteiger partial charge in [-0.15, -0.1) is 0 Å². The molecule has 0 aliphatic carbocycles. The van der Waals surface area contributed by atoms with Gasteiger partial charge in [0.25, 0.3) is 0 Å². The van der Waals surface area contributed by atoms with Crippen LogP contribution in [0.5, 0.6) is 0 Å². The minimum Gasteiger partial charge on any atom is -0.389 e. The maximum Gasteiger partial charge on any atom is 0.137 e. The van der Waals surface area contributed by atoms with Crippen LogP contribution in [-0.4, -0.2) is 27.2 Å². The summed E-state index contributed by atoms with van der Waals surface area (Å²) < 4.78 is 0. The Morgan fingerprint density at radius 3 is 2.75 bits per heavy atom. The molecule has 2 rings (SSSR count). The fourth-order valence-electron chi connectivity index (χ4n) is 1.45. The second-order valence-electron chi connectivity index (χ2n) is 4.41. The van der Waals surface area contributed by atoms with Crippen molar-refractivity contribution in [2.45, 2.75) is 19.4 Å². The van der Waals surface area contributed by atoms with Crippen molar-refractivity contribution in [1.29, 1.82) is 0 Å². The normalized spacial score (nSPS) is 11.7. The lowest BCUT2D eigenvalue weighted by Gasteiger charge is -2.18. The highest BCUT2D eigenvalue weighted by Gasteiger charge is 2.12. The van der Waals surface area contributed by atoms with Crippen LogP contribution in [0.1, 0.15) is 13.8 Å². The van der Waals surface area contributed by atoms with Crippen LogP contribution in [0.25, 0.3) is 10.9 Å². The fourth-order valence-corrected chi connectivity index (χ4v) is 1.45. The Labute approximate surface area is 94.4 Å². The topological polar surface area (TPSA) is 58.0 Å². The summed E-state index contributed by atoms with van der Waals surface area (Å²) in [5.74, 6) is 0.757. The first-order valence-electron chi connectivity index (χ1n) is 5.22. The Kier molecular flexibility index (Phi) is 2.75. The van der Waals surface area contributed by atoms with Gasteiger partial charge >= 0.3 is 0 Å². The quantitative estimate of drug-likeness (QED) is 0.823. The van der Waals surface area contributed by atoms with Crippen molar-refractivity contribution in [1.82, 2.24) is 9.97 Å². The van der Waals surface area contributed by atoms with E-state index < -0.39 is 5.60 Å². The van der Waals surface area contributed by atoms with Gasteiger partial charge in [0.1, 0.15) is 12.1 Å². The number of nitrogens with one attached hydrogen (secondary N) is 1. The average molecular weight is 217 g/mol. The molecule has 0 bridgehead atoms. The Bertz CT molecular complexity index is 486. The van der Waals surface area contributed by atoms with E-state index in [1.165, 1.54) is 6.33 Å². The predicted molar refractivity (Wildman–Crippen MR) is 64.3 cm³/mol. The number of para-hydroxylation sites is 1. The monoisotopic (exact) mass is 217 g/mol. The van der Waals surface area contributed by atoms with E-state index in [2.05, 4.69) is 15.3 Å². The fraction of sp³-hybridized carbons (Fsp3) is 0.333. The van der Waals surface area contributed by atoms with E-state index in [0.29, 0.717) is 6.54 Å². The van der Waals surface area contributed by atoms with Gasteiger partial charge < -0.3 is 10.4 Å². The van der Waals surface area contributed by atoms with Crippen molar-refractivity contribution < 1.29 is 5.11 Å². The van der Waals surface area contributed by atoms with Crippen LogP contribution >= 0.6 is 0 Å². The first-order chi connectivity index (χ1) is 7.56. The van der Waals surface area contributed by atoms with E-state index in [4.69, 9.17) is 0 Å². The lowest BCUT2D eigenvalue weighted by Crippen LogP contribution is -2.29. The van der Waals surface area contributed by atoms with Crippen molar-refractivity contribution in [2.24, 2.45) is 0 Å². The number of aromatic nitrogens is 2. The maximum atomic E-state index is 9.65. The molecule has 1 aromatic carbocycles. The zero-order valence-corrected chi connectivity index (χ0v) is 9.44. The number of nitrogens with zero attached hydrogens (tertiary/aromatic N) is 2. The van der Waals surface area contributed by atoms with Crippen molar-refractivity contribution in [2.75, 3.05) is 11.9 Å². The molecule has 0 aliphatic rings. The summed E-state index contributed by atoms with van der Waals surface area (Å²) in [6, 6.07) is 7.78. The van der Waals surface area contributed by atoms with Gasteiger partial charge in [0.15, 0.2) is 0 Å². The van der Waals surface area contributed by atoms with E-state index >= 15 is 0 Å². The molecule has 4 nitrogen and oxygen atoms in total. The van der Waals surface area contributed by atoms with E-state index in [9.17, 15) is 5.11 Å². The van der Waals surface area contributed by atoms with Gasteiger partial charge in [-0.25, -0.2) is 9.97 Å². The first-order valence-corrected chi connectivity index (χ1v) is 5.22. The Morgan fingerprint density at radius 1 is 1.25 bits per heavy atom. The molecular weight excluding hydrogens is 202 g/mol. The van der Waals surface area contributed by atoms with Crippen LogP contribution in [0.4, 0.5) is 5.82 Å². The van der Waals surface area contributed by atoms with Crippen LogP contribution in [0.3, 0.4) is 0 Å². The number of hydrogen-bond acceptors (Lipinski definition) is 4. The zero-order chi connectivity index (χ0) is 11.6. The SMILES string of the molecule is CC(C)(O)CNc1ncnc2ccccc12. The summed E-state index contributed by atoms with van der Waals surface area (Å²) in [4.78, 5) is 8.35. The number of anilines is 1. The van der Waals surface area contributed by atoms with Gasteiger partial charge in [0, 0.05) is 11.9 Å². The second-order valence-corrected chi connectivity index (χ2v) is 4.41. The van der Waals surface area contributed by atoms with Gasteiger partial charge in [0.05, 0.1) is 11.1 Å². The minimum absolute atomic E-state index is 0.452. The number of fused-ring (bicyclic) bond motifs is 1. The standard InChI is InChI=1S/C12H15N3O/c1-12(2,16)7-13-11-9-5-3-4-6-10(9)14-8-15-11/h3-6,8,16H,7H2,1-2H3,(H,13,14,15). The molecule has 84 valence electrons. The van der Waals surface area contributed by atoms with Crippen LogP contribution in [0.2, 0.25) is 0 Å². The van der Waals surface area contributed by atoms with Gasteiger partial charge in [-0.3, -0.25) is 0 Å². The molecule has 1 aromatic heterocycles. The molecule has 2 aromatic rings. The molecule has 0 radical (unpaired) electrons. The highest BCUT2D eigenvalue weighted by Crippen LogP contribution is 2.18. The van der Waals surface area contributed by atoms with Crippen molar-refractivity contribution >= 4 is 16.7 Å². The third-order valence-corrected chi connectivity index (χ3v) is 2.23. The lowest BCUT2D eigenvalue weighted by molar-refractivity contribution is 0.0944. The summed E-state index contributed by atoms with van der Waals surface area (Å²) in [6.07, 6.45) is 1.52. The molecule has 0 unspecified atom stereocenters. The van der Waals surface area contributed by atoms with Gasteiger partial charge in [0.2, 0.25) is 0 Å². The molecule has 0 spiro atoms. The number of rotatable bonds is 3. The third kappa shape index (κ3) is 2.46. The van der Waals surface area contributed by atoms with E-state index in [0.717, 1.165) is 16.7 Å². The van der Waals surface area contributed by atoms with E-state index in [-0.39, 0.29) is 0 Å². The second kappa shape index (κ2) is 4.06. The summed E-state index contributed by atoms with van der Waals surface area (Å²) in [5, 5.41) is 13.7. The van der Waals surface area contributed by atoms with Crippen LogP contribution in [-0.2, 0) is 0 Å². The molecule has 0 saturated heterocycles. The molecule has 0 amide bonds. The highest BCUT2D eigenvalue weighted by atomic mass is 16.3. The summed E-state index contributed by atoms with van der Waals surface area (Å²) in [6.45, 7) is 3.96. The molecule has 0 saturated carbocycles. The number of aliphatic hydroxyl groups is 1. The Morgan fingerprint density at radius 2 is 2.00 bits per heavy atom. The maximum absolute atomic E-state index is 9.65. The number of benzene rings is 1. The third-order valence-electron chi connectivity index (χ3n) is 2.23. The van der Waals surface area contributed by atoms with Crippen molar-refractivity contribution in [3.8, 4) is 0 Å². The lowest BCUT2D eigenvalue weighted by atomic mass is 10.1. The molecule has 2 N–H and O–H groups in total. The van der Waals surface area contributed by atoms with Crippen molar-refractivity contribution in [3.63, 3.8) is 0 Å². The van der Waals surface area contributed by atoms with Crippen LogP contribution in [0, 0.1) is 0 Å². The molecule has 4 heteroatoms. The summed E-state index contributed by atoms with van der Waals surface area (Å²) in [5.41, 5.74) is 0.141. The average Bonchev–Trinajstić information content (AvgIpc) is 2.25. The molecule has 0 aliphatic heterocycles. The Hall–Kier alpha value is -1.68. The summed E-state index contributed by atoms with van der Waals surface area (Å²) in [7, 11) is 0. The highest BCUT2D eigenvalue weighted by molar-refractivity contribution is 5.88. The first kappa shape index (κ1) is 10.8. The minimum atomic E-state index is -0.758. The summed E-state index contributed by atoms with van der Waals surface area (Å²) >= 11 is 0. The molecular formula is C12H15N3O. The van der Waals surface area contributed by atoms with Crippen molar-refractivity contribution in [3.05, 3.63) is 30.6 Å². The van der Waals surface area contributed by atoms with Gasteiger partial charge in [-0.2, -0.15) is 0 Å². The molecule has 0 fully saturated rings. The molecule has 0 atom stereocenters. The Balaban J connectivity index is 2.30. The van der Waals surface area contributed by atoms with Gasteiger partial charge in [-0.05, 0) is 26.0 Å². The van der Waals surface area contributed by atoms with Gasteiger partial charge in [-0.1, -0.05) is 12.1 Å². The van der Waals surface area contributed by atoms with E-state index in [1.807, 2.05) is 24.3 Å². The van der Waals surface area contributed by atoms with Crippen LogP contribution in [0.15, 0.2) is 30.6 Å². The zero-order valence-electron chi connectivity index (χ0n) is 9.44. The van der Waals surface area contributed by atoms with Crippen LogP contribution < -0.4 is 5.32 Å². The predicted octanol–water partition coefficient (Wildman–Crippen LogP) is 1.81. The smallest absolute Gasteiger partial charge is 0.137 e. The molecule has 16 heavy (non-hydrogen) atoms. The number of hydrogen-bond donors (Lipinski definition) is 2.